The van der Waals surface area contributed by atoms with Crippen LogP contribution in [0.5, 0.6) is 5.75 Å². The number of fused-ring (bicyclic) bond motifs is 3. The number of hydrogen-bond donors (Lipinski definition) is 0. The topological polar surface area (TPSA) is 79.6 Å². The molecule has 0 saturated carbocycles. The lowest BCUT2D eigenvalue weighted by Crippen LogP contribution is -2.35. The van der Waals surface area contributed by atoms with Crippen LogP contribution in [-0.4, -0.2) is 76.3 Å². The Morgan fingerprint density at radius 3 is 2.69 bits per heavy atom. The Balaban J connectivity index is 1.41. The van der Waals surface area contributed by atoms with Crippen LogP contribution >= 0.6 is 11.6 Å². The maximum Gasteiger partial charge on any atom is 0.236 e. The minimum Gasteiger partial charge on any atom is -0.493 e. The number of aromatic nitrogens is 4. The van der Waals surface area contributed by atoms with Gasteiger partial charge in [0.1, 0.15) is 11.6 Å². The molecule has 2 aromatic heterocycles. The van der Waals surface area contributed by atoms with E-state index in [1.807, 2.05) is 18.2 Å². The third-order valence-electron chi connectivity index (χ3n) is 6.86. The highest BCUT2D eigenvalue weighted by Gasteiger charge is 2.31. The summed E-state index contributed by atoms with van der Waals surface area (Å²) in [5, 5.41) is 9.83. The molecular weight excluding hydrogens is 485 g/mol. The molecule has 1 aromatic carbocycles. The molecular formula is C25H29ClFN7O2. The standard InChI is InChI=1S/C25H29ClFN7O2/c1-31(2)24(35)15-32-13-17-10-18(26)4-5-20(17)34-23(14-32)29-30-25(34)16-6-8-33(9-7-16)22-11-21(36-3)19(27)12-28-22/h4-5,10-12,16H,6-9,13-15H2,1-3H3. The molecule has 2 aliphatic rings. The number of halogens is 2. The summed E-state index contributed by atoms with van der Waals surface area (Å²) < 4.78 is 21.1. The number of benzene rings is 1. The highest BCUT2D eigenvalue weighted by atomic mass is 35.5. The number of likely N-dealkylation sites (N-methyl/N-ethyl adjacent to an activating group) is 1. The highest BCUT2D eigenvalue weighted by molar-refractivity contribution is 6.30. The summed E-state index contributed by atoms with van der Waals surface area (Å²) in [5.41, 5.74) is 2.04. The van der Waals surface area contributed by atoms with Gasteiger partial charge in [0.05, 0.1) is 32.1 Å². The zero-order chi connectivity index (χ0) is 25.4. The van der Waals surface area contributed by atoms with E-state index in [9.17, 15) is 9.18 Å². The number of methoxy groups -OCH3 is 1. The van der Waals surface area contributed by atoms with Gasteiger partial charge in [-0.2, -0.15) is 0 Å². The van der Waals surface area contributed by atoms with Crippen LogP contribution in [0.2, 0.25) is 5.02 Å². The van der Waals surface area contributed by atoms with Crippen molar-refractivity contribution in [3.05, 3.63) is 58.5 Å². The second-order valence-corrected chi connectivity index (χ2v) is 9.89. The van der Waals surface area contributed by atoms with Crippen LogP contribution in [0.25, 0.3) is 5.69 Å². The number of ether oxygens (including phenoxy) is 1. The first-order chi connectivity index (χ1) is 17.3. The van der Waals surface area contributed by atoms with Gasteiger partial charge >= 0.3 is 0 Å². The van der Waals surface area contributed by atoms with Gasteiger partial charge in [0.25, 0.3) is 0 Å². The number of nitrogens with zero attached hydrogens (tertiary/aromatic N) is 7. The summed E-state index contributed by atoms with van der Waals surface area (Å²) in [7, 11) is 4.97. The van der Waals surface area contributed by atoms with Crippen LogP contribution in [0.3, 0.4) is 0 Å². The van der Waals surface area contributed by atoms with E-state index in [2.05, 4.69) is 29.5 Å². The van der Waals surface area contributed by atoms with Crippen LogP contribution in [-0.2, 0) is 17.9 Å². The molecule has 0 spiro atoms. The highest BCUT2D eigenvalue weighted by Crippen LogP contribution is 2.35. The van der Waals surface area contributed by atoms with Gasteiger partial charge in [-0.3, -0.25) is 14.3 Å². The normalized spacial score (nSPS) is 16.3. The Bertz CT molecular complexity index is 1270. The SMILES string of the molecule is COc1cc(N2CCC(c3nnc4n3-c3ccc(Cl)cc3CN(CC(=O)N(C)C)C4)CC2)ncc1F. The number of pyridine rings is 1. The second-order valence-electron chi connectivity index (χ2n) is 9.45. The largest absolute Gasteiger partial charge is 0.493 e. The predicted molar refractivity (Wildman–Crippen MR) is 134 cm³/mol. The van der Waals surface area contributed by atoms with Gasteiger partial charge in [0.15, 0.2) is 17.4 Å². The van der Waals surface area contributed by atoms with Gasteiger partial charge < -0.3 is 14.5 Å². The van der Waals surface area contributed by atoms with Gasteiger partial charge in [-0.15, -0.1) is 10.2 Å². The molecule has 0 bridgehead atoms. The zero-order valence-electron chi connectivity index (χ0n) is 20.6. The molecule has 11 heteroatoms. The molecule has 0 radical (unpaired) electrons. The number of carbonyl (C=O) groups is 1. The number of piperidine rings is 1. The van der Waals surface area contributed by atoms with Crippen molar-refractivity contribution in [3.63, 3.8) is 0 Å². The van der Waals surface area contributed by atoms with E-state index >= 15 is 0 Å². The fourth-order valence-electron chi connectivity index (χ4n) is 4.91. The summed E-state index contributed by atoms with van der Waals surface area (Å²) in [4.78, 5) is 22.5. The molecule has 190 valence electrons. The summed E-state index contributed by atoms with van der Waals surface area (Å²) in [5.74, 6) is 2.38. The van der Waals surface area contributed by atoms with Crippen LogP contribution in [0.4, 0.5) is 10.2 Å². The molecule has 4 heterocycles. The summed E-state index contributed by atoms with van der Waals surface area (Å²) in [6, 6.07) is 7.49. The molecule has 9 nitrogen and oxygen atoms in total. The van der Waals surface area contributed by atoms with Gasteiger partial charge in [0, 0.05) is 50.7 Å². The smallest absolute Gasteiger partial charge is 0.236 e. The van der Waals surface area contributed by atoms with E-state index in [1.165, 1.54) is 13.3 Å². The van der Waals surface area contributed by atoms with Crippen LogP contribution in [0.1, 0.15) is 36.0 Å². The van der Waals surface area contributed by atoms with Crippen molar-refractivity contribution in [3.8, 4) is 11.4 Å². The molecule has 0 unspecified atom stereocenters. The Hall–Kier alpha value is -3.24. The van der Waals surface area contributed by atoms with Crippen molar-refractivity contribution in [2.45, 2.75) is 31.8 Å². The van der Waals surface area contributed by atoms with Gasteiger partial charge in [-0.1, -0.05) is 11.6 Å². The van der Waals surface area contributed by atoms with Crippen LogP contribution in [0, 0.1) is 5.82 Å². The third kappa shape index (κ3) is 4.75. The van der Waals surface area contributed by atoms with E-state index in [4.69, 9.17) is 16.3 Å². The lowest BCUT2D eigenvalue weighted by atomic mass is 9.95. The molecule has 5 rings (SSSR count). The summed E-state index contributed by atoms with van der Waals surface area (Å²) in [6.45, 7) is 2.90. The zero-order valence-corrected chi connectivity index (χ0v) is 21.4. The Kier molecular flexibility index (Phi) is 6.81. The first-order valence-corrected chi connectivity index (χ1v) is 12.3. The Labute approximate surface area is 214 Å². The summed E-state index contributed by atoms with van der Waals surface area (Å²) >= 11 is 6.35. The van der Waals surface area contributed by atoms with Gasteiger partial charge in [-0.25, -0.2) is 9.37 Å². The average Bonchev–Trinajstić information content (AvgIpc) is 3.21. The van der Waals surface area contributed by atoms with Crippen molar-refractivity contribution >= 4 is 23.3 Å². The fraction of sp³-hybridized carbons (Fsp3) is 0.440. The predicted octanol–water partition coefficient (Wildman–Crippen LogP) is 3.25. The molecule has 0 aliphatic carbocycles. The molecule has 1 fully saturated rings. The van der Waals surface area contributed by atoms with Crippen LogP contribution in [0.15, 0.2) is 30.5 Å². The molecule has 1 saturated heterocycles. The van der Waals surface area contributed by atoms with E-state index < -0.39 is 5.82 Å². The molecule has 2 aliphatic heterocycles. The van der Waals surface area contributed by atoms with Crippen molar-refractivity contribution < 1.29 is 13.9 Å². The molecule has 36 heavy (non-hydrogen) atoms. The number of amides is 1. The number of hydrogen-bond acceptors (Lipinski definition) is 7. The van der Waals surface area contributed by atoms with Crippen LogP contribution < -0.4 is 9.64 Å². The molecule has 0 atom stereocenters. The minimum absolute atomic E-state index is 0.0326. The first-order valence-electron chi connectivity index (χ1n) is 11.9. The maximum absolute atomic E-state index is 13.8. The number of rotatable bonds is 5. The third-order valence-corrected chi connectivity index (χ3v) is 7.10. The quantitative estimate of drug-likeness (QED) is 0.518. The Morgan fingerprint density at radius 2 is 1.97 bits per heavy atom. The molecule has 1 amide bonds. The molecule has 3 aromatic rings. The minimum atomic E-state index is -0.470. The van der Waals surface area contributed by atoms with Crippen molar-refractivity contribution in [2.24, 2.45) is 0 Å². The average molecular weight is 514 g/mol. The van der Waals surface area contributed by atoms with E-state index in [1.54, 1.807) is 25.1 Å². The lowest BCUT2D eigenvalue weighted by molar-refractivity contribution is -0.130. The monoisotopic (exact) mass is 513 g/mol. The number of carbonyl (C=O) groups excluding carboxylic acids is 1. The maximum atomic E-state index is 13.8. The summed E-state index contributed by atoms with van der Waals surface area (Å²) in [6.07, 6.45) is 2.91. The van der Waals surface area contributed by atoms with Gasteiger partial charge in [-0.05, 0) is 36.6 Å². The molecule has 0 N–H and O–H groups in total. The van der Waals surface area contributed by atoms with E-state index in [-0.39, 0.29) is 24.1 Å². The van der Waals surface area contributed by atoms with Crippen molar-refractivity contribution in [1.29, 1.82) is 0 Å². The van der Waals surface area contributed by atoms with E-state index in [0.29, 0.717) is 23.9 Å². The van der Waals surface area contributed by atoms with E-state index in [0.717, 1.165) is 48.8 Å². The second kappa shape index (κ2) is 10.0. The lowest BCUT2D eigenvalue weighted by Gasteiger charge is -2.32. The fourth-order valence-corrected chi connectivity index (χ4v) is 5.10. The number of anilines is 1. The van der Waals surface area contributed by atoms with Gasteiger partial charge in [0.2, 0.25) is 5.91 Å². The Morgan fingerprint density at radius 1 is 1.19 bits per heavy atom. The van der Waals surface area contributed by atoms with Crippen molar-refractivity contribution in [2.75, 3.05) is 45.7 Å². The first kappa shape index (κ1) is 24.5. The van der Waals surface area contributed by atoms with Crippen molar-refractivity contribution in [1.82, 2.24) is 29.5 Å².